The second-order valence-corrected chi connectivity index (χ2v) is 5.22. The first kappa shape index (κ1) is 13.8. The lowest BCUT2D eigenvalue weighted by atomic mass is 10.1. The zero-order valence-corrected chi connectivity index (χ0v) is 12.4. The van der Waals surface area contributed by atoms with E-state index in [0.29, 0.717) is 6.10 Å². The minimum atomic E-state index is 0.459. The number of pyridine rings is 1. The molecule has 0 N–H and O–H groups in total. The van der Waals surface area contributed by atoms with Gasteiger partial charge in [0.15, 0.2) is 0 Å². The van der Waals surface area contributed by atoms with Crippen LogP contribution in [-0.2, 0) is 10.1 Å². The minimum absolute atomic E-state index is 0.459. The molecule has 1 aliphatic rings. The van der Waals surface area contributed by atoms with Gasteiger partial charge in [0.1, 0.15) is 5.75 Å². The topological polar surface area (TPSA) is 31.4 Å². The smallest absolute Gasteiger partial charge is 0.141 e. The fraction of sp³-hybridized carbons (Fsp3) is 0.643. The Balaban J connectivity index is 1.75. The molecule has 0 bridgehead atoms. The van der Waals surface area contributed by atoms with Gasteiger partial charge in [-0.25, -0.2) is 0 Å². The lowest BCUT2D eigenvalue weighted by Gasteiger charge is -2.12. The Kier molecular flexibility index (Phi) is 5.45. The predicted molar refractivity (Wildman–Crippen MR) is 75.3 cm³/mol. The fourth-order valence-corrected chi connectivity index (χ4v) is 2.59. The second kappa shape index (κ2) is 7.10. The second-order valence-electron chi connectivity index (χ2n) is 4.66. The normalized spacial score (nSPS) is 19.1. The molecule has 0 amide bonds. The van der Waals surface area contributed by atoms with Gasteiger partial charge in [-0.05, 0) is 44.7 Å². The van der Waals surface area contributed by atoms with E-state index in [9.17, 15) is 0 Å². The third-order valence-electron chi connectivity index (χ3n) is 3.15. The van der Waals surface area contributed by atoms with Crippen molar-refractivity contribution in [2.75, 3.05) is 13.2 Å². The highest BCUT2D eigenvalue weighted by Crippen LogP contribution is 2.21. The minimum Gasteiger partial charge on any atom is -0.492 e. The molecular weight excluding hydrogens is 294 g/mol. The Morgan fingerprint density at radius 2 is 2.39 bits per heavy atom. The predicted octanol–water partition coefficient (Wildman–Crippen LogP) is 3.62. The van der Waals surface area contributed by atoms with Gasteiger partial charge in [-0.1, -0.05) is 15.9 Å². The number of aromatic nitrogens is 1. The summed E-state index contributed by atoms with van der Waals surface area (Å²) in [6, 6.07) is 3.99. The molecule has 1 atom stereocenters. The van der Waals surface area contributed by atoms with Gasteiger partial charge in [0.25, 0.3) is 0 Å². The molecule has 0 aliphatic carbocycles. The Bertz CT molecular complexity index is 378. The summed E-state index contributed by atoms with van der Waals surface area (Å²) >= 11 is 3.44. The molecule has 1 aromatic heterocycles. The van der Waals surface area contributed by atoms with E-state index in [2.05, 4.69) is 20.9 Å². The van der Waals surface area contributed by atoms with Gasteiger partial charge in [-0.15, -0.1) is 0 Å². The maximum atomic E-state index is 5.79. The van der Waals surface area contributed by atoms with E-state index in [4.69, 9.17) is 9.47 Å². The number of rotatable bonds is 6. The van der Waals surface area contributed by atoms with E-state index in [1.165, 1.54) is 12.8 Å². The third kappa shape index (κ3) is 3.95. The van der Waals surface area contributed by atoms with Crippen LogP contribution in [0.4, 0.5) is 0 Å². The summed E-state index contributed by atoms with van der Waals surface area (Å²) in [5, 5.41) is 0.732. The largest absolute Gasteiger partial charge is 0.492 e. The number of hydrogen-bond donors (Lipinski definition) is 0. The summed E-state index contributed by atoms with van der Waals surface area (Å²) in [4.78, 5) is 4.45. The van der Waals surface area contributed by atoms with Crippen molar-refractivity contribution in [1.29, 1.82) is 0 Å². The molecule has 18 heavy (non-hydrogen) atoms. The fourth-order valence-electron chi connectivity index (χ4n) is 2.19. The summed E-state index contributed by atoms with van der Waals surface area (Å²) < 4.78 is 11.4. The molecular formula is C14H20BrNO2. The van der Waals surface area contributed by atoms with E-state index in [0.717, 1.165) is 48.5 Å². The molecule has 1 fully saturated rings. The van der Waals surface area contributed by atoms with Crippen molar-refractivity contribution >= 4 is 15.9 Å². The van der Waals surface area contributed by atoms with Crippen molar-refractivity contribution in [1.82, 2.24) is 4.98 Å². The average molecular weight is 314 g/mol. The number of halogens is 1. The van der Waals surface area contributed by atoms with Crippen molar-refractivity contribution in [3.05, 3.63) is 23.5 Å². The summed E-state index contributed by atoms with van der Waals surface area (Å²) in [5.41, 5.74) is 2.00. The summed E-state index contributed by atoms with van der Waals surface area (Å²) in [7, 11) is 0. The van der Waals surface area contributed by atoms with E-state index < -0.39 is 0 Å². The first-order valence-electron chi connectivity index (χ1n) is 6.56. The summed E-state index contributed by atoms with van der Waals surface area (Å²) in [6.45, 7) is 3.67. The maximum Gasteiger partial charge on any atom is 0.141 e. The SMILES string of the molecule is Cc1ccc(OCCCC2CCCO2)c(CBr)n1. The lowest BCUT2D eigenvalue weighted by Crippen LogP contribution is -2.08. The van der Waals surface area contributed by atoms with Crippen molar-refractivity contribution < 1.29 is 9.47 Å². The molecule has 0 radical (unpaired) electrons. The highest BCUT2D eigenvalue weighted by Gasteiger charge is 2.14. The molecule has 100 valence electrons. The van der Waals surface area contributed by atoms with Crippen LogP contribution in [0.15, 0.2) is 12.1 Å². The summed E-state index contributed by atoms with van der Waals surface area (Å²) in [6.07, 6.45) is 5.02. The monoisotopic (exact) mass is 313 g/mol. The van der Waals surface area contributed by atoms with Gasteiger partial charge in [-0.2, -0.15) is 0 Å². The first-order chi connectivity index (χ1) is 8.79. The van der Waals surface area contributed by atoms with Crippen molar-refractivity contribution in [3.8, 4) is 5.75 Å². The molecule has 1 aromatic rings. The van der Waals surface area contributed by atoms with Gasteiger partial charge < -0.3 is 9.47 Å². The van der Waals surface area contributed by atoms with Gasteiger partial charge in [0.2, 0.25) is 0 Å². The van der Waals surface area contributed by atoms with E-state index in [1.807, 2.05) is 19.1 Å². The van der Waals surface area contributed by atoms with Crippen molar-refractivity contribution in [2.45, 2.75) is 44.0 Å². The van der Waals surface area contributed by atoms with Crippen molar-refractivity contribution in [3.63, 3.8) is 0 Å². The number of ether oxygens (including phenoxy) is 2. The molecule has 1 saturated heterocycles. The molecule has 1 unspecified atom stereocenters. The zero-order valence-electron chi connectivity index (χ0n) is 10.8. The highest BCUT2D eigenvalue weighted by atomic mass is 79.9. The molecule has 3 nitrogen and oxygen atoms in total. The standard InChI is InChI=1S/C14H20BrNO2/c1-11-6-7-14(13(10-15)16-11)18-9-3-5-12-4-2-8-17-12/h6-7,12H,2-5,8-10H2,1H3. The maximum absolute atomic E-state index is 5.79. The van der Waals surface area contributed by atoms with Crippen LogP contribution in [0.25, 0.3) is 0 Å². The number of alkyl halides is 1. The molecule has 0 saturated carbocycles. The average Bonchev–Trinajstić information content (AvgIpc) is 2.89. The van der Waals surface area contributed by atoms with Crippen LogP contribution in [0.1, 0.15) is 37.1 Å². The Morgan fingerprint density at radius 1 is 1.50 bits per heavy atom. The van der Waals surface area contributed by atoms with Crippen LogP contribution in [0.3, 0.4) is 0 Å². The van der Waals surface area contributed by atoms with Gasteiger partial charge in [-0.3, -0.25) is 4.98 Å². The van der Waals surface area contributed by atoms with E-state index in [-0.39, 0.29) is 0 Å². The molecule has 1 aliphatic heterocycles. The Hall–Kier alpha value is -0.610. The lowest BCUT2D eigenvalue weighted by molar-refractivity contribution is 0.0981. The zero-order chi connectivity index (χ0) is 12.8. The number of hydrogen-bond acceptors (Lipinski definition) is 3. The van der Waals surface area contributed by atoms with Crippen LogP contribution in [0, 0.1) is 6.92 Å². The molecule has 0 aromatic carbocycles. The van der Waals surface area contributed by atoms with Crippen LogP contribution >= 0.6 is 15.9 Å². The third-order valence-corrected chi connectivity index (χ3v) is 3.68. The van der Waals surface area contributed by atoms with Crippen LogP contribution in [-0.4, -0.2) is 24.3 Å². The number of aryl methyl sites for hydroxylation is 1. The van der Waals surface area contributed by atoms with E-state index >= 15 is 0 Å². The number of nitrogens with zero attached hydrogens (tertiary/aromatic N) is 1. The van der Waals surface area contributed by atoms with Gasteiger partial charge in [0, 0.05) is 17.6 Å². The van der Waals surface area contributed by atoms with Crippen LogP contribution in [0.5, 0.6) is 5.75 Å². The van der Waals surface area contributed by atoms with Crippen LogP contribution < -0.4 is 4.74 Å². The molecule has 2 rings (SSSR count). The molecule has 4 heteroatoms. The van der Waals surface area contributed by atoms with E-state index in [1.54, 1.807) is 0 Å². The Morgan fingerprint density at radius 3 is 3.11 bits per heavy atom. The highest BCUT2D eigenvalue weighted by molar-refractivity contribution is 9.08. The van der Waals surface area contributed by atoms with Gasteiger partial charge >= 0.3 is 0 Å². The molecule has 0 spiro atoms. The molecule has 2 heterocycles. The Labute approximate surface area is 117 Å². The van der Waals surface area contributed by atoms with Gasteiger partial charge in [0.05, 0.1) is 18.4 Å². The quantitative estimate of drug-likeness (QED) is 0.593. The first-order valence-corrected chi connectivity index (χ1v) is 7.68. The van der Waals surface area contributed by atoms with Crippen LogP contribution in [0.2, 0.25) is 0 Å². The summed E-state index contributed by atoms with van der Waals surface area (Å²) in [5.74, 6) is 0.893. The van der Waals surface area contributed by atoms with Crippen molar-refractivity contribution in [2.24, 2.45) is 0 Å².